The van der Waals surface area contributed by atoms with Crippen molar-refractivity contribution in [1.29, 1.82) is 0 Å². The third kappa shape index (κ3) is 11.4. The normalized spacial score (nSPS) is 24.5. The monoisotopic (exact) mass is 568 g/mol. The highest BCUT2D eigenvalue weighted by atomic mass is 16.3. The Morgan fingerprint density at radius 3 is 1.98 bits per heavy atom. The van der Waals surface area contributed by atoms with Crippen LogP contribution >= 0.6 is 0 Å². The number of aliphatic hydroxyl groups is 1. The molecule has 0 aliphatic heterocycles. The topological polar surface area (TPSA) is 37.3 Å². The molecule has 0 fully saturated rings. The zero-order valence-electron chi connectivity index (χ0n) is 28.1. The van der Waals surface area contributed by atoms with Gasteiger partial charge in [0.1, 0.15) is 0 Å². The van der Waals surface area contributed by atoms with Crippen LogP contribution in [0.15, 0.2) is 118 Å². The first kappa shape index (κ1) is 35.2. The molecule has 0 heterocycles. The number of allylic oxidation sites excluding steroid dienone is 19. The molecule has 2 unspecified atom stereocenters. The molecule has 2 heteroatoms. The highest BCUT2D eigenvalue weighted by Crippen LogP contribution is 2.43. The molecule has 0 saturated carbocycles. The Labute approximate surface area is 257 Å². The minimum Gasteiger partial charge on any atom is -0.393 e. The van der Waals surface area contributed by atoms with Crippen molar-refractivity contribution in [2.24, 2.45) is 16.7 Å². The van der Waals surface area contributed by atoms with Gasteiger partial charge in [-0.05, 0) is 83.6 Å². The number of hydrogen-bond acceptors (Lipinski definition) is 2. The first-order valence-electron chi connectivity index (χ1n) is 15.6. The Hall–Kier alpha value is -2.97. The van der Waals surface area contributed by atoms with Crippen LogP contribution in [0.5, 0.6) is 0 Å². The Bertz CT molecular complexity index is 1270. The van der Waals surface area contributed by atoms with E-state index >= 15 is 0 Å². The van der Waals surface area contributed by atoms with Gasteiger partial charge in [-0.1, -0.05) is 140 Å². The van der Waals surface area contributed by atoms with Crippen molar-refractivity contribution >= 4 is 5.78 Å². The molecule has 0 saturated heterocycles. The van der Waals surface area contributed by atoms with Crippen molar-refractivity contribution in [3.05, 3.63) is 118 Å². The predicted octanol–water partition coefficient (Wildman–Crippen LogP) is 10.8. The van der Waals surface area contributed by atoms with Gasteiger partial charge < -0.3 is 5.11 Å². The van der Waals surface area contributed by atoms with Gasteiger partial charge in [0, 0.05) is 12.3 Å². The van der Waals surface area contributed by atoms with Crippen LogP contribution in [0.2, 0.25) is 0 Å². The summed E-state index contributed by atoms with van der Waals surface area (Å²) in [6, 6.07) is 0. The van der Waals surface area contributed by atoms with Crippen LogP contribution in [0.4, 0.5) is 0 Å². The lowest BCUT2D eigenvalue weighted by Crippen LogP contribution is -2.30. The van der Waals surface area contributed by atoms with Gasteiger partial charge >= 0.3 is 0 Å². The largest absolute Gasteiger partial charge is 0.393 e. The fourth-order valence-electron chi connectivity index (χ4n) is 6.13. The fraction of sp³-hybridized carbons (Fsp3) is 0.475. The minimum absolute atomic E-state index is 0.141. The maximum Gasteiger partial charge on any atom is 0.162 e. The summed E-state index contributed by atoms with van der Waals surface area (Å²) in [5.74, 6) is 0.659. The zero-order chi connectivity index (χ0) is 31.5. The lowest BCUT2D eigenvalue weighted by molar-refractivity contribution is -0.115. The van der Waals surface area contributed by atoms with Crippen molar-refractivity contribution in [2.45, 2.75) is 107 Å². The van der Waals surface area contributed by atoms with Gasteiger partial charge in [-0.25, -0.2) is 0 Å². The van der Waals surface area contributed by atoms with Crippen molar-refractivity contribution in [1.82, 2.24) is 0 Å². The number of Topliss-reactive ketones (excluding diaryl/α,β-unsaturated/α-hetero) is 1. The minimum atomic E-state index is -0.307. The molecule has 0 amide bonds. The number of hydrogen-bond donors (Lipinski definition) is 1. The maximum atomic E-state index is 12.9. The van der Waals surface area contributed by atoms with Crippen LogP contribution in [0.1, 0.15) is 101 Å². The van der Waals surface area contributed by atoms with Crippen molar-refractivity contribution < 1.29 is 9.90 Å². The molecular formula is C40H56O2. The number of rotatable bonds is 11. The van der Waals surface area contributed by atoms with Crippen LogP contribution in [0.25, 0.3) is 0 Å². The molecule has 2 atom stereocenters. The third-order valence-electron chi connectivity index (χ3n) is 8.79. The molecule has 0 aromatic carbocycles. The predicted molar refractivity (Wildman–Crippen MR) is 183 cm³/mol. The quantitative estimate of drug-likeness (QED) is 0.153. The molecule has 0 bridgehead atoms. The SMILES string of the molecule is CC1=CCCC(C)(C)C1/C=C/C(C)=C/C=C/C(C)=C/C=C/C=C(C)/C=C/C=C(\C)C(=O)CC1=C(C)CC(O)CC1(C)C. The molecule has 2 aliphatic rings. The van der Waals surface area contributed by atoms with Crippen LogP contribution in [0, 0.1) is 16.7 Å². The van der Waals surface area contributed by atoms with Crippen molar-refractivity contribution in [3.63, 3.8) is 0 Å². The Kier molecular flexibility index (Phi) is 13.4. The second kappa shape index (κ2) is 16.0. The Morgan fingerprint density at radius 2 is 1.40 bits per heavy atom. The van der Waals surface area contributed by atoms with Gasteiger partial charge in [0.25, 0.3) is 0 Å². The van der Waals surface area contributed by atoms with E-state index in [9.17, 15) is 9.90 Å². The number of carbonyl (C=O) groups is 1. The van der Waals surface area contributed by atoms with E-state index in [0.717, 1.165) is 16.7 Å². The van der Waals surface area contributed by atoms with Gasteiger partial charge in [-0.2, -0.15) is 0 Å². The second-order valence-corrected chi connectivity index (χ2v) is 13.8. The number of aliphatic hydroxyl groups excluding tert-OH is 1. The van der Waals surface area contributed by atoms with Crippen LogP contribution in [-0.4, -0.2) is 17.0 Å². The van der Waals surface area contributed by atoms with E-state index in [-0.39, 0.29) is 17.3 Å². The lowest BCUT2D eigenvalue weighted by atomic mass is 9.68. The fourth-order valence-corrected chi connectivity index (χ4v) is 6.13. The summed E-state index contributed by atoms with van der Waals surface area (Å²) < 4.78 is 0. The molecule has 2 nitrogen and oxygen atoms in total. The van der Waals surface area contributed by atoms with E-state index < -0.39 is 0 Å². The van der Waals surface area contributed by atoms with E-state index in [0.29, 0.717) is 30.6 Å². The molecule has 0 aromatic rings. The average molecular weight is 569 g/mol. The van der Waals surface area contributed by atoms with Crippen LogP contribution in [-0.2, 0) is 4.79 Å². The van der Waals surface area contributed by atoms with E-state index in [4.69, 9.17) is 0 Å². The molecular weight excluding hydrogens is 512 g/mol. The van der Waals surface area contributed by atoms with Crippen LogP contribution in [0.3, 0.4) is 0 Å². The van der Waals surface area contributed by atoms with Gasteiger partial charge in [0.15, 0.2) is 5.78 Å². The maximum absolute atomic E-state index is 12.9. The molecule has 1 N–H and O–H groups in total. The van der Waals surface area contributed by atoms with E-state index in [1.165, 1.54) is 35.1 Å². The Morgan fingerprint density at radius 1 is 0.857 bits per heavy atom. The van der Waals surface area contributed by atoms with E-state index in [1.54, 1.807) is 0 Å². The zero-order valence-corrected chi connectivity index (χ0v) is 28.1. The summed E-state index contributed by atoms with van der Waals surface area (Å²) in [5.41, 5.74) is 8.32. The highest BCUT2D eigenvalue weighted by molar-refractivity contribution is 5.96. The molecule has 2 aliphatic carbocycles. The molecule has 0 aromatic heterocycles. The number of carbonyl (C=O) groups excluding carboxylic acids is 1. The highest BCUT2D eigenvalue weighted by Gasteiger charge is 2.34. The molecule has 42 heavy (non-hydrogen) atoms. The van der Waals surface area contributed by atoms with Crippen LogP contribution < -0.4 is 0 Å². The first-order chi connectivity index (χ1) is 19.6. The Balaban J connectivity index is 1.89. The van der Waals surface area contributed by atoms with Crippen molar-refractivity contribution in [2.75, 3.05) is 0 Å². The first-order valence-corrected chi connectivity index (χ1v) is 15.6. The third-order valence-corrected chi connectivity index (χ3v) is 8.79. The van der Waals surface area contributed by atoms with Gasteiger partial charge in [0.2, 0.25) is 0 Å². The number of ketones is 1. The van der Waals surface area contributed by atoms with Gasteiger partial charge in [-0.15, -0.1) is 0 Å². The molecule has 0 spiro atoms. The summed E-state index contributed by atoms with van der Waals surface area (Å²) >= 11 is 0. The van der Waals surface area contributed by atoms with Crippen molar-refractivity contribution in [3.8, 4) is 0 Å². The average Bonchev–Trinajstić information content (AvgIpc) is 2.87. The summed E-state index contributed by atoms with van der Waals surface area (Å²) in [7, 11) is 0. The second-order valence-electron chi connectivity index (χ2n) is 13.8. The molecule has 0 radical (unpaired) electrons. The summed E-state index contributed by atoms with van der Waals surface area (Å²) in [5, 5.41) is 10.1. The smallest absolute Gasteiger partial charge is 0.162 e. The lowest BCUT2D eigenvalue weighted by Gasteiger charge is -2.37. The molecule has 228 valence electrons. The van der Waals surface area contributed by atoms with E-state index in [1.807, 2.05) is 31.2 Å². The van der Waals surface area contributed by atoms with Gasteiger partial charge in [0.05, 0.1) is 6.10 Å². The summed E-state index contributed by atoms with van der Waals surface area (Å²) in [6.45, 7) is 21.5. The summed E-state index contributed by atoms with van der Waals surface area (Å²) in [4.78, 5) is 12.9. The van der Waals surface area contributed by atoms with Gasteiger partial charge in [-0.3, -0.25) is 4.79 Å². The summed E-state index contributed by atoms with van der Waals surface area (Å²) in [6.07, 6.45) is 31.5. The molecule has 2 rings (SSSR count). The standard InChI is InChI=1S/C40H56O2/c1-29(18-13-19-31(3)23-24-36-32(4)22-15-25-39(36,7)8)16-11-12-17-30(2)20-14-21-33(5)38(42)27-37-34(6)26-35(41)28-40(37,9)10/h11-14,16-24,35-36,41H,15,25-28H2,1-10H3/b12-11+,18-13+,20-14+,24-23+,29-16+,30-17+,31-19+,33-21+. The van der Waals surface area contributed by atoms with E-state index in [2.05, 4.69) is 117 Å².